The van der Waals surface area contributed by atoms with Gasteiger partial charge in [0, 0.05) is 11.1 Å². The lowest BCUT2D eigenvalue weighted by Crippen LogP contribution is -2.16. The second kappa shape index (κ2) is 6.54. The molecule has 0 saturated heterocycles. The van der Waals surface area contributed by atoms with Gasteiger partial charge in [0.2, 0.25) is 5.24 Å². The topological polar surface area (TPSA) is 72.1 Å². The normalized spacial score (nSPS) is 10.7. The number of ether oxygens (including phenoxy) is 1. The van der Waals surface area contributed by atoms with Crippen LogP contribution in [0.15, 0.2) is 35.1 Å². The maximum atomic E-state index is 11.6. The summed E-state index contributed by atoms with van der Waals surface area (Å²) in [4.78, 5) is 22.6. The number of rotatable bonds is 5. The van der Waals surface area contributed by atoms with E-state index in [0.29, 0.717) is 11.4 Å². The van der Waals surface area contributed by atoms with E-state index in [4.69, 9.17) is 16.3 Å². The van der Waals surface area contributed by atoms with E-state index in [1.54, 1.807) is 6.07 Å². The third-order valence-electron chi connectivity index (χ3n) is 2.71. The molecule has 21 heavy (non-hydrogen) atoms. The minimum absolute atomic E-state index is 0.0632. The molecular formula is C15H15ClN2O3. The zero-order chi connectivity index (χ0) is 15.4. The summed E-state index contributed by atoms with van der Waals surface area (Å²) in [5.74, 6) is 0.713. The van der Waals surface area contributed by atoms with Crippen LogP contribution in [-0.4, -0.2) is 21.5 Å². The molecule has 6 heteroatoms. The minimum atomic E-state index is -0.588. The van der Waals surface area contributed by atoms with Crippen LogP contribution in [0, 0.1) is 0 Å². The third-order valence-corrected chi connectivity index (χ3v) is 2.85. The van der Waals surface area contributed by atoms with Gasteiger partial charge < -0.3 is 4.74 Å². The van der Waals surface area contributed by atoms with Crippen molar-refractivity contribution in [2.45, 2.75) is 26.4 Å². The van der Waals surface area contributed by atoms with Gasteiger partial charge in [0.15, 0.2) is 0 Å². The van der Waals surface area contributed by atoms with E-state index in [9.17, 15) is 9.59 Å². The first-order chi connectivity index (χ1) is 9.95. The zero-order valence-corrected chi connectivity index (χ0v) is 12.5. The molecule has 0 fully saturated rings. The molecule has 0 spiro atoms. The molecule has 2 rings (SSSR count). The Balaban J connectivity index is 2.37. The van der Waals surface area contributed by atoms with Crippen molar-refractivity contribution in [2.24, 2.45) is 0 Å². The molecule has 1 N–H and O–H groups in total. The Morgan fingerprint density at radius 2 is 2.14 bits per heavy atom. The number of nitrogens with one attached hydrogen (secondary N) is 1. The number of aromatic nitrogens is 2. The largest absolute Gasteiger partial charge is 0.491 e. The molecule has 1 aromatic carbocycles. The third kappa shape index (κ3) is 4.16. The Hall–Kier alpha value is -2.14. The van der Waals surface area contributed by atoms with E-state index in [-0.39, 0.29) is 18.1 Å². The van der Waals surface area contributed by atoms with E-state index >= 15 is 0 Å². The van der Waals surface area contributed by atoms with Crippen LogP contribution in [0.2, 0.25) is 0 Å². The van der Waals surface area contributed by atoms with Gasteiger partial charge in [0.05, 0.1) is 18.2 Å². The Bertz CT molecular complexity index is 710. The lowest BCUT2D eigenvalue weighted by molar-refractivity contribution is -0.111. The first-order valence-corrected chi connectivity index (χ1v) is 6.87. The van der Waals surface area contributed by atoms with Gasteiger partial charge in [-0.25, -0.2) is 5.10 Å². The van der Waals surface area contributed by atoms with E-state index in [1.165, 1.54) is 0 Å². The Morgan fingerprint density at radius 1 is 1.38 bits per heavy atom. The van der Waals surface area contributed by atoms with Gasteiger partial charge in [-0.1, -0.05) is 12.1 Å². The Morgan fingerprint density at radius 3 is 2.81 bits per heavy atom. The molecular weight excluding hydrogens is 292 g/mol. The predicted octanol–water partition coefficient (Wildman–Crippen LogP) is 2.53. The number of nitrogens with zero attached hydrogens (tertiary/aromatic N) is 1. The lowest BCUT2D eigenvalue weighted by atomic mass is 10.1. The number of hydrogen-bond donors (Lipinski definition) is 1. The van der Waals surface area contributed by atoms with Crippen molar-refractivity contribution in [3.63, 3.8) is 0 Å². The van der Waals surface area contributed by atoms with Crippen molar-refractivity contribution in [2.75, 3.05) is 0 Å². The van der Waals surface area contributed by atoms with Crippen molar-refractivity contribution in [1.29, 1.82) is 0 Å². The molecule has 110 valence electrons. The average molecular weight is 307 g/mol. The highest BCUT2D eigenvalue weighted by Gasteiger charge is 2.09. The second-order valence-corrected chi connectivity index (χ2v) is 5.26. The molecule has 5 nitrogen and oxygen atoms in total. The SMILES string of the molecule is CC(C)Oc1cccc(-c2cc(CC(=O)Cl)c(=O)[nH]n2)c1. The molecule has 0 unspecified atom stereocenters. The number of H-pyrrole nitrogens is 1. The van der Waals surface area contributed by atoms with Crippen molar-refractivity contribution in [3.05, 3.63) is 46.2 Å². The summed E-state index contributed by atoms with van der Waals surface area (Å²) in [5, 5.41) is 5.78. The molecule has 0 radical (unpaired) electrons. The molecule has 1 heterocycles. The second-order valence-electron chi connectivity index (χ2n) is 4.83. The molecule has 1 aromatic heterocycles. The first kappa shape index (κ1) is 15.3. The van der Waals surface area contributed by atoms with E-state index in [2.05, 4.69) is 10.2 Å². The van der Waals surface area contributed by atoms with Crippen LogP contribution in [0.5, 0.6) is 5.75 Å². The fourth-order valence-electron chi connectivity index (χ4n) is 1.88. The summed E-state index contributed by atoms with van der Waals surface area (Å²) < 4.78 is 5.62. The summed E-state index contributed by atoms with van der Waals surface area (Å²) in [6, 6.07) is 8.92. The standard InChI is InChI=1S/C15H15ClN2O3/c1-9(2)21-12-5-3-4-10(6-12)13-7-11(8-14(16)19)15(20)18-17-13/h3-7,9H,8H2,1-2H3,(H,18,20). The van der Waals surface area contributed by atoms with Crippen molar-refractivity contribution < 1.29 is 9.53 Å². The summed E-state index contributed by atoms with van der Waals surface area (Å²) in [6.45, 7) is 3.88. The van der Waals surface area contributed by atoms with Crippen LogP contribution >= 0.6 is 11.6 Å². The summed E-state index contributed by atoms with van der Waals surface area (Å²) in [5.41, 5.74) is 1.21. The molecule has 0 aliphatic rings. The molecule has 0 bridgehead atoms. The monoisotopic (exact) mass is 306 g/mol. The van der Waals surface area contributed by atoms with Crippen LogP contribution in [0.25, 0.3) is 11.3 Å². The summed E-state index contributed by atoms with van der Waals surface area (Å²) in [6.07, 6.45) is -0.0672. The van der Waals surface area contributed by atoms with Crippen LogP contribution in [0.1, 0.15) is 19.4 Å². The predicted molar refractivity (Wildman–Crippen MR) is 80.6 cm³/mol. The highest BCUT2D eigenvalue weighted by atomic mass is 35.5. The maximum Gasteiger partial charge on any atom is 0.267 e. The van der Waals surface area contributed by atoms with Crippen molar-refractivity contribution in [1.82, 2.24) is 10.2 Å². The fourth-order valence-corrected chi connectivity index (χ4v) is 2.02. The Labute approximate surface area is 126 Å². The van der Waals surface area contributed by atoms with Crippen molar-refractivity contribution in [3.8, 4) is 17.0 Å². The smallest absolute Gasteiger partial charge is 0.267 e. The van der Waals surface area contributed by atoms with Crippen molar-refractivity contribution >= 4 is 16.8 Å². The number of carbonyl (C=O) groups is 1. The van der Waals surface area contributed by atoms with Gasteiger partial charge in [0.1, 0.15) is 5.75 Å². The van der Waals surface area contributed by atoms with Gasteiger partial charge in [-0.2, -0.15) is 5.10 Å². The van der Waals surface area contributed by atoms with Gasteiger partial charge in [-0.15, -0.1) is 0 Å². The lowest BCUT2D eigenvalue weighted by Gasteiger charge is -2.10. The molecule has 0 aliphatic carbocycles. The number of carbonyl (C=O) groups excluding carboxylic acids is 1. The van der Waals surface area contributed by atoms with Crippen LogP contribution in [0.4, 0.5) is 0 Å². The van der Waals surface area contributed by atoms with E-state index in [1.807, 2.05) is 38.1 Å². The fraction of sp³-hybridized carbons (Fsp3) is 0.267. The number of benzene rings is 1. The van der Waals surface area contributed by atoms with Crippen LogP contribution < -0.4 is 10.3 Å². The molecule has 0 saturated carbocycles. The number of aromatic amines is 1. The summed E-state index contributed by atoms with van der Waals surface area (Å²) >= 11 is 5.33. The van der Waals surface area contributed by atoms with E-state index in [0.717, 1.165) is 5.56 Å². The molecule has 0 atom stereocenters. The number of hydrogen-bond acceptors (Lipinski definition) is 4. The van der Waals surface area contributed by atoms with Gasteiger partial charge in [0.25, 0.3) is 5.56 Å². The maximum absolute atomic E-state index is 11.6. The highest BCUT2D eigenvalue weighted by Crippen LogP contribution is 2.22. The number of halogens is 1. The molecule has 0 aliphatic heterocycles. The molecule has 0 amide bonds. The van der Waals surface area contributed by atoms with E-state index < -0.39 is 10.8 Å². The van der Waals surface area contributed by atoms with Crippen LogP contribution in [0.3, 0.4) is 0 Å². The van der Waals surface area contributed by atoms with Gasteiger partial charge >= 0.3 is 0 Å². The minimum Gasteiger partial charge on any atom is -0.491 e. The Kier molecular flexibility index (Phi) is 4.75. The molecule has 2 aromatic rings. The average Bonchev–Trinajstić information content (AvgIpc) is 2.40. The van der Waals surface area contributed by atoms with Gasteiger partial charge in [-0.05, 0) is 43.6 Å². The van der Waals surface area contributed by atoms with Crippen LogP contribution in [-0.2, 0) is 11.2 Å². The van der Waals surface area contributed by atoms with Gasteiger partial charge in [-0.3, -0.25) is 9.59 Å². The summed E-state index contributed by atoms with van der Waals surface area (Å²) in [7, 11) is 0. The first-order valence-electron chi connectivity index (χ1n) is 6.49. The zero-order valence-electron chi connectivity index (χ0n) is 11.7. The highest BCUT2D eigenvalue weighted by molar-refractivity contribution is 6.63. The quantitative estimate of drug-likeness (QED) is 0.862.